The Hall–Kier alpha value is -1.88. The van der Waals surface area contributed by atoms with E-state index in [1.165, 1.54) is 36.6 Å². The van der Waals surface area contributed by atoms with E-state index in [-0.39, 0.29) is 24.1 Å². The molecule has 1 aromatic heterocycles. The highest BCUT2D eigenvalue weighted by Crippen LogP contribution is 2.49. The van der Waals surface area contributed by atoms with Crippen LogP contribution in [0.2, 0.25) is 5.02 Å². The van der Waals surface area contributed by atoms with Gasteiger partial charge in [-0.15, -0.1) is 0 Å². The quantitative estimate of drug-likeness (QED) is 0.912. The molecule has 2 aliphatic carbocycles. The van der Waals surface area contributed by atoms with Crippen LogP contribution in [0.3, 0.4) is 0 Å². The molecule has 0 saturated heterocycles. The molecule has 4 unspecified atom stereocenters. The van der Waals surface area contributed by atoms with E-state index in [1.54, 1.807) is 18.2 Å². The Bertz CT molecular complexity index is 879. The highest BCUT2D eigenvalue weighted by molar-refractivity contribution is 6.31. The van der Waals surface area contributed by atoms with E-state index in [9.17, 15) is 9.59 Å². The summed E-state index contributed by atoms with van der Waals surface area (Å²) in [5, 5.41) is 4.01. The third kappa shape index (κ3) is 3.17. The fraction of sp³-hybridized carbons (Fsp3) is 0.526. The third-order valence-electron chi connectivity index (χ3n) is 5.92. The molecule has 25 heavy (non-hydrogen) atoms. The van der Waals surface area contributed by atoms with Crippen molar-refractivity contribution in [3.63, 3.8) is 0 Å². The van der Waals surface area contributed by atoms with Gasteiger partial charge in [-0.25, -0.2) is 4.98 Å². The van der Waals surface area contributed by atoms with Gasteiger partial charge in [0, 0.05) is 11.1 Å². The molecule has 0 spiro atoms. The molecule has 132 valence electrons. The van der Waals surface area contributed by atoms with Gasteiger partial charge in [0.25, 0.3) is 5.56 Å². The number of hydrogen-bond donors (Lipinski definition) is 1. The molecule has 2 bridgehead atoms. The van der Waals surface area contributed by atoms with E-state index in [0.29, 0.717) is 21.8 Å². The van der Waals surface area contributed by atoms with Gasteiger partial charge in [0.15, 0.2) is 0 Å². The first-order valence-corrected chi connectivity index (χ1v) is 9.33. The van der Waals surface area contributed by atoms with E-state index in [0.717, 1.165) is 11.8 Å². The Morgan fingerprint density at radius 3 is 2.96 bits per heavy atom. The molecule has 0 aliphatic heterocycles. The summed E-state index contributed by atoms with van der Waals surface area (Å²) in [5.74, 6) is 2.05. The molecule has 2 aliphatic rings. The first-order chi connectivity index (χ1) is 12.0. The van der Waals surface area contributed by atoms with Crippen molar-refractivity contribution in [2.24, 2.45) is 17.8 Å². The second kappa shape index (κ2) is 6.45. The van der Waals surface area contributed by atoms with E-state index >= 15 is 0 Å². The van der Waals surface area contributed by atoms with Crippen LogP contribution in [0.1, 0.15) is 32.6 Å². The smallest absolute Gasteiger partial charge is 0.261 e. The van der Waals surface area contributed by atoms with Crippen LogP contribution in [-0.4, -0.2) is 21.5 Å². The van der Waals surface area contributed by atoms with Crippen molar-refractivity contribution in [3.8, 4) is 0 Å². The van der Waals surface area contributed by atoms with Crippen LogP contribution in [0, 0.1) is 17.8 Å². The highest BCUT2D eigenvalue weighted by atomic mass is 35.5. The van der Waals surface area contributed by atoms with Crippen molar-refractivity contribution >= 4 is 28.4 Å². The van der Waals surface area contributed by atoms with E-state index in [1.807, 2.05) is 0 Å². The maximum absolute atomic E-state index is 12.5. The summed E-state index contributed by atoms with van der Waals surface area (Å²) in [5.41, 5.74) is 0.344. The Kier molecular flexibility index (Phi) is 4.28. The van der Waals surface area contributed by atoms with E-state index in [2.05, 4.69) is 17.2 Å². The lowest BCUT2D eigenvalue weighted by molar-refractivity contribution is -0.122. The number of benzene rings is 1. The Morgan fingerprint density at radius 2 is 2.24 bits per heavy atom. The molecular weight excluding hydrogens is 338 g/mol. The second-order valence-corrected chi connectivity index (χ2v) is 7.97. The van der Waals surface area contributed by atoms with Crippen molar-refractivity contribution in [2.75, 3.05) is 0 Å². The molecule has 2 saturated carbocycles. The Labute approximate surface area is 151 Å². The molecule has 4 rings (SSSR count). The zero-order valence-electron chi connectivity index (χ0n) is 14.2. The first-order valence-electron chi connectivity index (χ1n) is 8.95. The highest BCUT2D eigenvalue weighted by Gasteiger charge is 2.42. The number of aromatic nitrogens is 2. The molecular formula is C19H22ClN3O2. The number of rotatable bonds is 4. The maximum atomic E-state index is 12.5. The number of carbonyl (C=O) groups is 1. The number of halogens is 1. The van der Waals surface area contributed by atoms with E-state index < -0.39 is 0 Å². The number of nitrogens with one attached hydrogen (secondary N) is 1. The van der Waals surface area contributed by atoms with Crippen molar-refractivity contribution in [2.45, 2.75) is 45.2 Å². The lowest BCUT2D eigenvalue weighted by Crippen LogP contribution is -2.42. The van der Waals surface area contributed by atoms with Gasteiger partial charge in [0.1, 0.15) is 6.54 Å². The van der Waals surface area contributed by atoms with Crippen molar-refractivity contribution in [1.29, 1.82) is 0 Å². The average Bonchev–Trinajstić information content (AvgIpc) is 3.21. The molecule has 6 heteroatoms. The van der Waals surface area contributed by atoms with Crippen LogP contribution in [0.15, 0.2) is 29.3 Å². The monoisotopic (exact) mass is 359 g/mol. The largest absolute Gasteiger partial charge is 0.352 e. The van der Waals surface area contributed by atoms with Crippen LogP contribution < -0.4 is 10.9 Å². The second-order valence-electron chi connectivity index (χ2n) is 7.53. The van der Waals surface area contributed by atoms with Gasteiger partial charge < -0.3 is 5.32 Å². The number of hydrogen-bond acceptors (Lipinski definition) is 3. The fourth-order valence-corrected chi connectivity index (χ4v) is 4.88. The van der Waals surface area contributed by atoms with Crippen LogP contribution in [0.4, 0.5) is 0 Å². The van der Waals surface area contributed by atoms with Gasteiger partial charge in [0.05, 0.1) is 17.2 Å². The van der Waals surface area contributed by atoms with Crippen molar-refractivity contribution < 1.29 is 4.79 Å². The molecule has 1 aromatic carbocycles. The Morgan fingerprint density at radius 1 is 1.40 bits per heavy atom. The number of fused-ring (bicyclic) bond motifs is 3. The number of carbonyl (C=O) groups excluding carboxylic acids is 1. The molecule has 5 nitrogen and oxygen atoms in total. The zero-order chi connectivity index (χ0) is 17.6. The minimum atomic E-state index is -0.241. The summed E-state index contributed by atoms with van der Waals surface area (Å²) in [4.78, 5) is 29.2. The summed E-state index contributed by atoms with van der Waals surface area (Å²) in [6, 6.07) is 5.16. The minimum Gasteiger partial charge on any atom is -0.352 e. The van der Waals surface area contributed by atoms with E-state index in [4.69, 9.17) is 11.6 Å². The summed E-state index contributed by atoms with van der Waals surface area (Å²) in [6.07, 6.45) is 6.62. The summed E-state index contributed by atoms with van der Waals surface area (Å²) in [6.45, 7) is 2.07. The van der Waals surface area contributed by atoms with Crippen molar-refractivity contribution in [3.05, 3.63) is 39.9 Å². The molecule has 0 radical (unpaired) electrons. The molecule has 2 aromatic rings. The average molecular weight is 360 g/mol. The number of nitrogens with zero attached hydrogens (tertiary/aromatic N) is 2. The summed E-state index contributed by atoms with van der Waals surface area (Å²) >= 11 is 5.97. The molecule has 1 N–H and O–H groups in total. The standard InChI is InChI=1S/C19H22ClN3O2/c1-11(15-7-12-2-3-13(15)6-12)22-18(24)9-23-10-21-17-5-4-14(20)8-16(17)19(23)25/h4-5,8,10-13,15H,2-3,6-7,9H2,1H3,(H,22,24). The lowest BCUT2D eigenvalue weighted by Gasteiger charge is -2.28. The molecule has 4 atom stereocenters. The van der Waals surface area contributed by atoms with Crippen LogP contribution in [0.5, 0.6) is 0 Å². The fourth-order valence-electron chi connectivity index (χ4n) is 4.71. The lowest BCUT2D eigenvalue weighted by atomic mass is 9.84. The molecule has 2 fully saturated rings. The Balaban J connectivity index is 1.46. The van der Waals surface area contributed by atoms with Gasteiger partial charge in [-0.05, 0) is 62.1 Å². The normalized spacial score (nSPS) is 26.1. The van der Waals surface area contributed by atoms with Crippen molar-refractivity contribution in [1.82, 2.24) is 14.9 Å². The van der Waals surface area contributed by atoms with Crippen LogP contribution >= 0.6 is 11.6 Å². The topological polar surface area (TPSA) is 64.0 Å². The molecule has 1 heterocycles. The van der Waals surface area contributed by atoms with Gasteiger partial charge in [0.2, 0.25) is 5.91 Å². The minimum absolute atomic E-state index is 0.0144. The van der Waals surface area contributed by atoms with Crippen LogP contribution in [-0.2, 0) is 11.3 Å². The SMILES string of the molecule is CC(NC(=O)Cn1cnc2ccc(Cl)cc2c1=O)C1CC2CCC1C2. The predicted molar refractivity (Wildman–Crippen MR) is 97.6 cm³/mol. The summed E-state index contributed by atoms with van der Waals surface area (Å²) < 4.78 is 1.35. The maximum Gasteiger partial charge on any atom is 0.261 e. The number of amides is 1. The first kappa shape index (κ1) is 16.6. The predicted octanol–water partition coefficient (Wildman–Crippen LogP) is 2.99. The third-order valence-corrected chi connectivity index (χ3v) is 6.16. The zero-order valence-corrected chi connectivity index (χ0v) is 15.0. The van der Waals surface area contributed by atoms with Crippen LogP contribution in [0.25, 0.3) is 10.9 Å². The van der Waals surface area contributed by atoms with Gasteiger partial charge in [-0.1, -0.05) is 18.0 Å². The van der Waals surface area contributed by atoms with Gasteiger partial charge >= 0.3 is 0 Å². The molecule has 1 amide bonds. The van der Waals surface area contributed by atoms with Gasteiger partial charge in [-0.2, -0.15) is 0 Å². The summed E-state index contributed by atoms with van der Waals surface area (Å²) in [7, 11) is 0. The van der Waals surface area contributed by atoms with Gasteiger partial charge in [-0.3, -0.25) is 14.2 Å².